The van der Waals surface area contributed by atoms with Crippen molar-refractivity contribution >= 4 is 17.3 Å². The van der Waals surface area contributed by atoms with Gasteiger partial charge in [-0.3, -0.25) is 4.98 Å². The first kappa shape index (κ1) is 10.2. The fraction of sp³-hybridized carbons (Fsp3) is 0.375. The van der Waals surface area contributed by atoms with Gasteiger partial charge in [0.05, 0.1) is 17.1 Å². The molecule has 0 fully saturated rings. The summed E-state index contributed by atoms with van der Waals surface area (Å²) in [5.74, 6) is 0.180. The minimum Gasteiger partial charge on any atom is -0.398 e. The van der Waals surface area contributed by atoms with Crippen molar-refractivity contribution in [2.24, 2.45) is 0 Å². The highest BCUT2D eigenvalue weighted by atomic mass is 35.5. The fourth-order valence-corrected chi connectivity index (χ4v) is 1.26. The summed E-state index contributed by atoms with van der Waals surface area (Å²) in [7, 11) is 0. The lowest BCUT2D eigenvalue weighted by atomic mass is 10.1. The summed E-state index contributed by atoms with van der Waals surface area (Å²) in [6.07, 6.45) is -1.51. The Morgan fingerprint density at radius 1 is 1.62 bits per heavy atom. The lowest BCUT2D eigenvalue weighted by molar-refractivity contribution is 0.151. The predicted molar refractivity (Wildman–Crippen MR) is 47.9 cm³/mol. The van der Waals surface area contributed by atoms with Crippen LogP contribution in [0.1, 0.15) is 23.2 Å². The van der Waals surface area contributed by atoms with Gasteiger partial charge in [0, 0.05) is 11.9 Å². The van der Waals surface area contributed by atoms with Crippen LogP contribution in [0.15, 0.2) is 6.20 Å². The van der Waals surface area contributed by atoms with Gasteiger partial charge in [0.2, 0.25) is 0 Å². The average Bonchev–Trinajstić information content (AvgIpc) is 2.09. The van der Waals surface area contributed by atoms with E-state index in [4.69, 9.17) is 17.3 Å². The summed E-state index contributed by atoms with van der Waals surface area (Å²) in [6.45, 7) is 1.63. The van der Waals surface area contributed by atoms with Crippen LogP contribution in [-0.4, -0.2) is 4.98 Å². The largest absolute Gasteiger partial charge is 0.398 e. The van der Waals surface area contributed by atoms with E-state index in [1.54, 1.807) is 6.92 Å². The number of nitrogen functional groups attached to an aromatic ring is 1. The number of aromatic nitrogens is 1. The maximum atomic E-state index is 12.3. The highest BCUT2D eigenvalue weighted by molar-refractivity contribution is 6.17. The average molecular weight is 207 g/mol. The Balaban J connectivity index is 3.23. The molecule has 0 radical (unpaired) electrons. The Morgan fingerprint density at radius 2 is 2.23 bits per heavy atom. The second kappa shape index (κ2) is 3.87. The Labute approximate surface area is 79.7 Å². The third-order valence-electron chi connectivity index (χ3n) is 1.87. The molecule has 1 heterocycles. The summed E-state index contributed by atoms with van der Waals surface area (Å²) < 4.78 is 24.6. The fourth-order valence-electron chi connectivity index (χ4n) is 0.994. The highest BCUT2D eigenvalue weighted by Crippen LogP contribution is 2.28. The first-order chi connectivity index (χ1) is 6.07. The SMILES string of the molecule is Cc1c(CCl)ncc(C(F)F)c1N. The lowest BCUT2D eigenvalue weighted by Gasteiger charge is -2.09. The number of alkyl halides is 3. The number of nitrogens with two attached hydrogens (primary N) is 1. The molecule has 1 aromatic rings. The maximum absolute atomic E-state index is 12.3. The minimum absolute atomic E-state index is 0.0839. The number of hydrogen-bond acceptors (Lipinski definition) is 2. The highest BCUT2D eigenvalue weighted by Gasteiger charge is 2.15. The van der Waals surface area contributed by atoms with E-state index < -0.39 is 6.43 Å². The van der Waals surface area contributed by atoms with E-state index in [9.17, 15) is 8.78 Å². The van der Waals surface area contributed by atoms with E-state index in [0.717, 1.165) is 6.20 Å². The van der Waals surface area contributed by atoms with Gasteiger partial charge in [-0.25, -0.2) is 8.78 Å². The molecule has 0 saturated heterocycles. The summed E-state index contributed by atoms with van der Waals surface area (Å²) in [4.78, 5) is 3.79. The Hall–Kier alpha value is -0.900. The summed E-state index contributed by atoms with van der Waals surface area (Å²) in [5.41, 5.74) is 6.41. The number of anilines is 1. The molecule has 0 aliphatic carbocycles. The van der Waals surface area contributed by atoms with Crippen molar-refractivity contribution in [1.82, 2.24) is 4.98 Å². The summed E-state index contributed by atoms with van der Waals surface area (Å²) in [6, 6.07) is 0. The van der Waals surface area contributed by atoms with Crippen LogP contribution in [-0.2, 0) is 5.88 Å². The zero-order valence-electron chi connectivity index (χ0n) is 7.02. The minimum atomic E-state index is -2.59. The molecule has 0 atom stereocenters. The molecule has 0 aliphatic heterocycles. The first-order valence-electron chi connectivity index (χ1n) is 3.66. The van der Waals surface area contributed by atoms with E-state index >= 15 is 0 Å². The molecular weight excluding hydrogens is 198 g/mol. The van der Waals surface area contributed by atoms with E-state index in [2.05, 4.69) is 4.98 Å². The molecule has 2 nitrogen and oxygen atoms in total. The lowest BCUT2D eigenvalue weighted by Crippen LogP contribution is -2.02. The molecular formula is C8H9ClF2N2. The van der Waals surface area contributed by atoms with E-state index in [1.807, 2.05) is 0 Å². The van der Waals surface area contributed by atoms with Gasteiger partial charge < -0.3 is 5.73 Å². The quantitative estimate of drug-likeness (QED) is 0.756. The second-order valence-electron chi connectivity index (χ2n) is 2.63. The third kappa shape index (κ3) is 1.88. The van der Waals surface area contributed by atoms with Crippen molar-refractivity contribution in [3.05, 3.63) is 23.0 Å². The predicted octanol–water partition coefficient (Wildman–Crippen LogP) is 2.65. The van der Waals surface area contributed by atoms with Crippen molar-refractivity contribution in [3.63, 3.8) is 0 Å². The monoisotopic (exact) mass is 206 g/mol. The van der Waals surface area contributed by atoms with Crippen LogP contribution in [0, 0.1) is 6.92 Å². The molecule has 2 N–H and O–H groups in total. The molecule has 13 heavy (non-hydrogen) atoms. The van der Waals surface area contributed by atoms with Crippen LogP contribution in [0.3, 0.4) is 0 Å². The number of nitrogens with zero attached hydrogens (tertiary/aromatic N) is 1. The van der Waals surface area contributed by atoms with E-state index in [1.165, 1.54) is 0 Å². The number of pyridine rings is 1. The number of halogens is 3. The van der Waals surface area contributed by atoms with Crippen LogP contribution < -0.4 is 5.73 Å². The first-order valence-corrected chi connectivity index (χ1v) is 4.19. The van der Waals surface area contributed by atoms with Gasteiger partial charge in [-0.1, -0.05) is 0 Å². The van der Waals surface area contributed by atoms with Gasteiger partial charge in [-0.05, 0) is 12.5 Å². The summed E-state index contributed by atoms with van der Waals surface area (Å²) in [5, 5.41) is 0. The zero-order valence-corrected chi connectivity index (χ0v) is 7.78. The van der Waals surface area contributed by atoms with Gasteiger partial charge in [0.15, 0.2) is 0 Å². The van der Waals surface area contributed by atoms with Crippen LogP contribution in [0.4, 0.5) is 14.5 Å². The van der Waals surface area contributed by atoms with E-state index in [-0.39, 0.29) is 17.1 Å². The molecule has 0 unspecified atom stereocenters. The van der Waals surface area contributed by atoms with Crippen LogP contribution in [0.5, 0.6) is 0 Å². The molecule has 1 rings (SSSR count). The van der Waals surface area contributed by atoms with Gasteiger partial charge in [-0.15, -0.1) is 11.6 Å². The van der Waals surface area contributed by atoms with E-state index in [0.29, 0.717) is 11.3 Å². The van der Waals surface area contributed by atoms with Gasteiger partial charge >= 0.3 is 0 Å². The molecule has 0 spiro atoms. The van der Waals surface area contributed by atoms with Gasteiger partial charge in [0.25, 0.3) is 6.43 Å². The molecule has 5 heteroatoms. The van der Waals surface area contributed by atoms with Crippen molar-refractivity contribution in [1.29, 1.82) is 0 Å². The van der Waals surface area contributed by atoms with Crippen molar-refractivity contribution in [3.8, 4) is 0 Å². The number of rotatable bonds is 2. The Morgan fingerprint density at radius 3 is 2.69 bits per heavy atom. The van der Waals surface area contributed by atoms with Crippen LogP contribution >= 0.6 is 11.6 Å². The zero-order chi connectivity index (χ0) is 10.0. The third-order valence-corrected chi connectivity index (χ3v) is 2.12. The molecule has 72 valence electrons. The topological polar surface area (TPSA) is 38.9 Å². The Kier molecular flexibility index (Phi) is 3.03. The van der Waals surface area contributed by atoms with Gasteiger partial charge in [0.1, 0.15) is 0 Å². The van der Waals surface area contributed by atoms with Gasteiger partial charge in [-0.2, -0.15) is 0 Å². The molecule has 0 saturated carbocycles. The molecule has 0 aromatic carbocycles. The van der Waals surface area contributed by atoms with Crippen molar-refractivity contribution in [2.45, 2.75) is 19.2 Å². The smallest absolute Gasteiger partial charge is 0.267 e. The van der Waals surface area contributed by atoms with Crippen molar-refractivity contribution < 1.29 is 8.78 Å². The molecule has 1 aromatic heterocycles. The summed E-state index contributed by atoms with van der Waals surface area (Å²) >= 11 is 5.53. The molecule has 0 amide bonds. The standard InChI is InChI=1S/C8H9ClF2N2/c1-4-6(2-9)13-3-5(7(4)12)8(10)11/h3,8H,2H2,1H3,(H2,12,13). The maximum Gasteiger partial charge on any atom is 0.267 e. The normalized spacial score (nSPS) is 10.8. The molecule has 0 bridgehead atoms. The van der Waals surface area contributed by atoms with Crippen LogP contribution in [0.25, 0.3) is 0 Å². The van der Waals surface area contributed by atoms with Crippen LogP contribution in [0.2, 0.25) is 0 Å². The molecule has 0 aliphatic rings. The number of hydrogen-bond donors (Lipinski definition) is 1. The second-order valence-corrected chi connectivity index (χ2v) is 2.90. The van der Waals surface area contributed by atoms with Crippen molar-refractivity contribution in [2.75, 3.05) is 5.73 Å². The Bertz CT molecular complexity index is 315.